The molecule has 1 aliphatic rings. The van der Waals surface area contributed by atoms with Crippen molar-refractivity contribution in [2.45, 2.75) is 45.3 Å². The van der Waals surface area contributed by atoms with Crippen LogP contribution in [-0.2, 0) is 19.1 Å². The molecular formula is C15H28N2O4. The zero-order chi connectivity index (χ0) is 15.8. The second kappa shape index (κ2) is 9.00. The second-order valence-corrected chi connectivity index (χ2v) is 5.98. The van der Waals surface area contributed by atoms with E-state index in [2.05, 4.69) is 10.2 Å². The van der Waals surface area contributed by atoms with Crippen molar-refractivity contribution >= 4 is 11.9 Å². The van der Waals surface area contributed by atoms with E-state index in [4.69, 9.17) is 9.47 Å². The summed E-state index contributed by atoms with van der Waals surface area (Å²) in [7, 11) is 3.07. The Morgan fingerprint density at radius 1 is 1.24 bits per heavy atom. The molecule has 6 nitrogen and oxygen atoms in total. The molecule has 1 unspecified atom stereocenters. The largest absolute Gasteiger partial charge is 0.467 e. The van der Waals surface area contributed by atoms with Gasteiger partial charge in [0.2, 0.25) is 5.91 Å². The van der Waals surface area contributed by atoms with Crippen LogP contribution in [0.5, 0.6) is 0 Å². The van der Waals surface area contributed by atoms with Crippen LogP contribution in [0.15, 0.2) is 0 Å². The number of carbonyl (C=O) groups is 2. The molecule has 0 aromatic heterocycles. The fourth-order valence-corrected chi connectivity index (χ4v) is 2.57. The molecule has 1 aliphatic heterocycles. The van der Waals surface area contributed by atoms with Crippen molar-refractivity contribution in [3.05, 3.63) is 0 Å². The van der Waals surface area contributed by atoms with Crippen LogP contribution >= 0.6 is 0 Å². The maximum atomic E-state index is 12.1. The number of methoxy groups -OCH3 is 2. The smallest absolute Gasteiger partial charge is 0.328 e. The molecule has 0 radical (unpaired) electrons. The molecule has 0 aromatic rings. The molecule has 1 rings (SSSR count). The summed E-state index contributed by atoms with van der Waals surface area (Å²) >= 11 is 0. The summed E-state index contributed by atoms with van der Waals surface area (Å²) in [5, 5.41) is 2.79. The zero-order valence-corrected chi connectivity index (χ0v) is 13.6. The third-order valence-corrected chi connectivity index (χ3v) is 3.76. The van der Waals surface area contributed by atoms with Gasteiger partial charge in [-0.1, -0.05) is 13.8 Å². The topological polar surface area (TPSA) is 67.9 Å². The molecule has 0 saturated carbocycles. The molecule has 122 valence electrons. The number of esters is 1. The normalized spacial score (nSPS) is 18.5. The highest BCUT2D eigenvalue weighted by Gasteiger charge is 2.25. The SMILES string of the molecule is COC(=O)C(CC(C)C)NC(=O)CN1CCC(OC)CC1. The summed E-state index contributed by atoms with van der Waals surface area (Å²) in [5.41, 5.74) is 0. The molecule has 0 spiro atoms. The van der Waals surface area contributed by atoms with Gasteiger partial charge in [-0.15, -0.1) is 0 Å². The Morgan fingerprint density at radius 2 is 1.86 bits per heavy atom. The average Bonchev–Trinajstić information content (AvgIpc) is 2.46. The van der Waals surface area contributed by atoms with Gasteiger partial charge < -0.3 is 14.8 Å². The van der Waals surface area contributed by atoms with E-state index in [0.717, 1.165) is 25.9 Å². The number of hydrogen-bond donors (Lipinski definition) is 1. The molecular weight excluding hydrogens is 272 g/mol. The number of carbonyl (C=O) groups excluding carboxylic acids is 2. The number of likely N-dealkylation sites (tertiary alicyclic amines) is 1. The van der Waals surface area contributed by atoms with E-state index in [-0.39, 0.29) is 11.9 Å². The molecule has 0 bridgehead atoms. The lowest BCUT2D eigenvalue weighted by Gasteiger charge is -2.31. The number of ether oxygens (including phenoxy) is 2. The Balaban J connectivity index is 2.41. The van der Waals surface area contributed by atoms with Gasteiger partial charge in [-0.2, -0.15) is 0 Å². The van der Waals surface area contributed by atoms with Crippen molar-refractivity contribution in [2.75, 3.05) is 33.9 Å². The molecule has 0 aromatic carbocycles. The predicted octanol–water partition coefficient (Wildman–Crippen LogP) is 0.801. The summed E-state index contributed by atoms with van der Waals surface area (Å²) in [6.45, 7) is 6.04. The Labute approximate surface area is 127 Å². The van der Waals surface area contributed by atoms with Crippen LogP contribution in [0.3, 0.4) is 0 Å². The summed E-state index contributed by atoms with van der Waals surface area (Å²) in [4.78, 5) is 25.9. The lowest BCUT2D eigenvalue weighted by atomic mass is 10.0. The van der Waals surface area contributed by atoms with Crippen molar-refractivity contribution in [3.63, 3.8) is 0 Å². The average molecular weight is 300 g/mol. The van der Waals surface area contributed by atoms with Crippen LogP contribution in [0.1, 0.15) is 33.1 Å². The van der Waals surface area contributed by atoms with E-state index >= 15 is 0 Å². The first-order valence-corrected chi connectivity index (χ1v) is 7.58. The molecule has 1 N–H and O–H groups in total. The third-order valence-electron chi connectivity index (χ3n) is 3.76. The van der Waals surface area contributed by atoms with E-state index in [1.807, 2.05) is 13.8 Å². The van der Waals surface area contributed by atoms with Gasteiger partial charge in [0, 0.05) is 20.2 Å². The second-order valence-electron chi connectivity index (χ2n) is 5.98. The van der Waals surface area contributed by atoms with Crippen LogP contribution < -0.4 is 5.32 Å². The van der Waals surface area contributed by atoms with Gasteiger partial charge in [0.25, 0.3) is 0 Å². The zero-order valence-electron chi connectivity index (χ0n) is 13.6. The number of nitrogens with zero attached hydrogens (tertiary/aromatic N) is 1. The van der Waals surface area contributed by atoms with Crippen molar-refractivity contribution in [1.29, 1.82) is 0 Å². The van der Waals surface area contributed by atoms with E-state index < -0.39 is 6.04 Å². The lowest BCUT2D eigenvalue weighted by Crippen LogP contribution is -2.48. The molecule has 0 aliphatic carbocycles. The van der Waals surface area contributed by atoms with Gasteiger partial charge in [-0.05, 0) is 25.2 Å². The maximum Gasteiger partial charge on any atom is 0.328 e. The third kappa shape index (κ3) is 6.44. The highest BCUT2D eigenvalue weighted by Crippen LogP contribution is 2.12. The molecule has 21 heavy (non-hydrogen) atoms. The first-order chi connectivity index (χ1) is 9.96. The van der Waals surface area contributed by atoms with E-state index in [0.29, 0.717) is 25.0 Å². The monoisotopic (exact) mass is 300 g/mol. The number of piperidine rings is 1. The summed E-state index contributed by atoms with van der Waals surface area (Å²) < 4.78 is 10.1. The van der Waals surface area contributed by atoms with Gasteiger partial charge in [0.1, 0.15) is 6.04 Å². The maximum absolute atomic E-state index is 12.1. The molecule has 6 heteroatoms. The minimum Gasteiger partial charge on any atom is -0.467 e. The number of amides is 1. The molecule has 1 heterocycles. The summed E-state index contributed by atoms with van der Waals surface area (Å²) in [5.74, 6) is -0.191. The van der Waals surface area contributed by atoms with Crippen LogP contribution in [-0.4, -0.2) is 62.8 Å². The standard InChI is InChI=1S/C15H28N2O4/c1-11(2)9-13(15(19)21-4)16-14(18)10-17-7-5-12(20-3)6-8-17/h11-13H,5-10H2,1-4H3,(H,16,18). The van der Waals surface area contributed by atoms with Crippen LogP contribution in [0, 0.1) is 5.92 Å². The van der Waals surface area contributed by atoms with E-state index in [1.54, 1.807) is 7.11 Å². The minimum absolute atomic E-state index is 0.123. The first-order valence-electron chi connectivity index (χ1n) is 7.58. The Kier molecular flexibility index (Phi) is 7.67. The lowest BCUT2D eigenvalue weighted by molar-refractivity contribution is -0.145. The summed E-state index contributed by atoms with van der Waals surface area (Å²) in [6.07, 6.45) is 2.77. The van der Waals surface area contributed by atoms with Crippen LogP contribution in [0.4, 0.5) is 0 Å². The number of nitrogens with one attached hydrogen (secondary N) is 1. The van der Waals surface area contributed by atoms with E-state index in [1.165, 1.54) is 7.11 Å². The van der Waals surface area contributed by atoms with Gasteiger partial charge in [-0.25, -0.2) is 4.79 Å². The Bertz CT molecular complexity index is 339. The van der Waals surface area contributed by atoms with Crippen molar-refractivity contribution in [2.24, 2.45) is 5.92 Å². The summed E-state index contributed by atoms with van der Waals surface area (Å²) in [6, 6.07) is -0.556. The highest BCUT2D eigenvalue weighted by atomic mass is 16.5. The molecule has 1 fully saturated rings. The number of hydrogen-bond acceptors (Lipinski definition) is 5. The van der Waals surface area contributed by atoms with Crippen LogP contribution in [0.2, 0.25) is 0 Å². The highest BCUT2D eigenvalue weighted by molar-refractivity contribution is 5.85. The van der Waals surface area contributed by atoms with Crippen LogP contribution in [0.25, 0.3) is 0 Å². The molecule has 1 amide bonds. The Morgan fingerprint density at radius 3 is 2.33 bits per heavy atom. The fourth-order valence-electron chi connectivity index (χ4n) is 2.57. The predicted molar refractivity (Wildman–Crippen MR) is 79.9 cm³/mol. The first kappa shape index (κ1) is 17.9. The van der Waals surface area contributed by atoms with Gasteiger partial charge in [-0.3, -0.25) is 9.69 Å². The van der Waals surface area contributed by atoms with E-state index in [9.17, 15) is 9.59 Å². The van der Waals surface area contributed by atoms with Crippen molar-refractivity contribution in [1.82, 2.24) is 10.2 Å². The van der Waals surface area contributed by atoms with Crippen molar-refractivity contribution in [3.8, 4) is 0 Å². The molecule has 1 atom stereocenters. The quantitative estimate of drug-likeness (QED) is 0.705. The number of rotatable bonds is 7. The molecule has 1 saturated heterocycles. The van der Waals surface area contributed by atoms with Gasteiger partial charge >= 0.3 is 5.97 Å². The Hall–Kier alpha value is -1.14. The van der Waals surface area contributed by atoms with Gasteiger partial charge in [0.05, 0.1) is 19.8 Å². The van der Waals surface area contributed by atoms with Gasteiger partial charge in [0.15, 0.2) is 0 Å². The minimum atomic E-state index is -0.556. The fraction of sp³-hybridized carbons (Fsp3) is 0.867. The van der Waals surface area contributed by atoms with Crippen molar-refractivity contribution < 1.29 is 19.1 Å².